The lowest BCUT2D eigenvalue weighted by Crippen LogP contribution is -2.06. The highest BCUT2D eigenvalue weighted by Crippen LogP contribution is 2.27. The highest BCUT2D eigenvalue weighted by Gasteiger charge is 2.16. The van der Waals surface area contributed by atoms with Crippen molar-refractivity contribution in [3.63, 3.8) is 0 Å². The first-order valence-electron chi connectivity index (χ1n) is 3.88. The van der Waals surface area contributed by atoms with Gasteiger partial charge in [-0.15, -0.1) is 0 Å². The summed E-state index contributed by atoms with van der Waals surface area (Å²) in [6.07, 6.45) is 0. The van der Waals surface area contributed by atoms with E-state index >= 15 is 0 Å². The molecular formula is C9H7BrClFO2. The van der Waals surface area contributed by atoms with Gasteiger partial charge in [-0.2, -0.15) is 0 Å². The molecule has 0 heterocycles. The van der Waals surface area contributed by atoms with Crippen molar-refractivity contribution in [1.82, 2.24) is 0 Å². The second-order valence-corrected chi connectivity index (χ2v) is 3.68. The third-order valence-electron chi connectivity index (χ3n) is 1.53. The van der Waals surface area contributed by atoms with Gasteiger partial charge in [0.1, 0.15) is 0 Å². The fraction of sp³-hybridized carbons (Fsp3) is 0.222. The van der Waals surface area contributed by atoms with Crippen LogP contribution in [0.3, 0.4) is 0 Å². The van der Waals surface area contributed by atoms with Crippen LogP contribution in [0.4, 0.5) is 4.39 Å². The quantitative estimate of drug-likeness (QED) is 0.613. The van der Waals surface area contributed by atoms with Crippen LogP contribution in [-0.2, 0) is 4.74 Å². The standard InChI is InChI=1S/C9H7BrClFO2/c1-2-14-9(13)5-3-4-6(10)8(12)7(5)11/h3-4H,2H2,1H3. The second kappa shape index (κ2) is 4.75. The monoisotopic (exact) mass is 280 g/mol. The van der Waals surface area contributed by atoms with Gasteiger partial charge >= 0.3 is 5.97 Å². The minimum absolute atomic E-state index is 0.0363. The van der Waals surface area contributed by atoms with E-state index in [0.29, 0.717) is 0 Å². The topological polar surface area (TPSA) is 26.3 Å². The van der Waals surface area contributed by atoms with E-state index in [-0.39, 0.29) is 21.7 Å². The molecule has 0 fully saturated rings. The summed E-state index contributed by atoms with van der Waals surface area (Å²) < 4.78 is 18.1. The molecule has 0 radical (unpaired) electrons. The van der Waals surface area contributed by atoms with E-state index in [0.717, 1.165) is 0 Å². The minimum Gasteiger partial charge on any atom is -0.462 e. The van der Waals surface area contributed by atoms with E-state index < -0.39 is 11.8 Å². The molecule has 2 nitrogen and oxygen atoms in total. The molecule has 0 aliphatic heterocycles. The third kappa shape index (κ3) is 2.25. The summed E-state index contributed by atoms with van der Waals surface area (Å²) in [7, 11) is 0. The van der Waals surface area contributed by atoms with E-state index in [4.69, 9.17) is 16.3 Å². The molecule has 1 aromatic rings. The number of hydrogen-bond donors (Lipinski definition) is 0. The van der Waals surface area contributed by atoms with Gasteiger partial charge in [0.05, 0.1) is 21.7 Å². The van der Waals surface area contributed by atoms with E-state index in [2.05, 4.69) is 15.9 Å². The number of benzene rings is 1. The zero-order valence-corrected chi connectivity index (χ0v) is 9.65. The van der Waals surface area contributed by atoms with Crippen molar-refractivity contribution in [1.29, 1.82) is 0 Å². The van der Waals surface area contributed by atoms with Gasteiger partial charge in [-0.1, -0.05) is 11.6 Å². The van der Waals surface area contributed by atoms with Gasteiger partial charge in [-0.25, -0.2) is 9.18 Å². The number of ether oxygens (including phenoxy) is 1. The molecule has 0 N–H and O–H groups in total. The Morgan fingerprint density at radius 1 is 1.64 bits per heavy atom. The first kappa shape index (κ1) is 11.5. The predicted octanol–water partition coefficient (Wildman–Crippen LogP) is 3.42. The first-order chi connectivity index (χ1) is 6.57. The normalized spacial score (nSPS) is 10.0. The van der Waals surface area contributed by atoms with Crippen molar-refractivity contribution in [3.05, 3.63) is 33.0 Å². The maximum absolute atomic E-state index is 13.2. The van der Waals surface area contributed by atoms with E-state index in [9.17, 15) is 9.18 Å². The van der Waals surface area contributed by atoms with Crippen molar-refractivity contribution in [2.75, 3.05) is 6.61 Å². The largest absolute Gasteiger partial charge is 0.462 e. The number of carbonyl (C=O) groups is 1. The average molecular weight is 282 g/mol. The van der Waals surface area contributed by atoms with Crippen molar-refractivity contribution in [3.8, 4) is 0 Å². The highest BCUT2D eigenvalue weighted by molar-refractivity contribution is 9.10. The van der Waals surface area contributed by atoms with Gasteiger partial charge in [0.25, 0.3) is 0 Å². The fourth-order valence-electron chi connectivity index (χ4n) is 0.892. The SMILES string of the molecule is CCOC(=O)c1ccc(Br)c(F)c1Cl. The Kier molecular flexibility index (Phi) is 3.89. The molecule has 0 aliphatic carbocycles. The number of halogens is 3. The molecular weight excluding hydrogens is 274 g/mol. The maximum Gasteiger partial charge on any atom is 0.339 e. The van der Waals surface area contributed by atoms with Crippen molar-refractivity contribution >= 4 is 33.5 Å². The molecule has 76 valence electrons. The van der Waals surface area contributed by atoms with Crippen LogP contribution in [0.2, 0.25) is 5.02 Å². The maximum atomic E-state index is 13.2. The minimum atomic E-state index is -0.655. The van der Waals surface area contributed by atoms with E-state index in [1.807, 2.05) is 0 Å². The molecule has 5 heteroatoms. The molecule has 1 rings (SSSR count). The molecule has 1 aromatic carbocycles. The Balaban J connectivity index is 3.11. The summed E-state index contributed by atoms with van der Waals surface area (Å²) in [6, 6.07) is 2.82. The molecule has 0 saturated heterocycles. The molecule has 0 unspecified atom stereocenters. The lowest BCUT2D eigenvalue weighted by Gasteiger charge is -2.05. The lowest BCUT2D eigenvalue weighted by atomic mass is 10.2. The van der Waals surface area contributed by atoms with Crippen molar-refractivity contribution in [2.45, 2.75) is 6.92 Å². The van der Waals surface area contributed by atoms with Gasteiger partial charge in [0.2, 0.25) is 0 Å². The highest BCUT2D eigenvalue weighted by atomic mass is 79.9. The summed E-state index contributed by atoms with van der Waals surface area (Å²) in [5.74, 6) is -1.28. The Hall–Kier alpha value is -0.610. The van der Waals surface area contributed by atoms with Crippen LogP contribution in [0.1, 0.15) is 17.3 Å². The third-order valence-corrected chi connectivity index (χ3v) is 2.51. The average Bonchev–Trinajstić information content (AvgIpc) is 2.15. The zero-order chi connectivity index (χ0) is 10.7. The zero-order valence-electron chi connectivity index (χ0n) is 7.31. The van der Waals surface area contributed by atoms with Gasteiger partial charge in [-0.3, -0.25) is 0 Å². The smallest absolute Gasteiger partial charge is 0.339 e. The van der Waals surface area contributed by atoms with Crippen LogP contribution in [-0.4, -0.2) is 12.6 Å². The van der Waals surface area contributed by atoms with Gasteiger partial charge < -0.3 is 4.74 Å². The van der Waals surface area contributed by atoms with E-state index in [1.165, 1.54) is 12.1 Å². The number of carbonyl (C=O) groups excluding carboxylic acids is 1. The fourth-order valence-corrected chi connectivity index (χ4v) is 1.58. The molecule has 0 saturated carbocycles. The summed E-state index contributed by atoms with van der Waals surface area (Å²) in [4.78, 5) is 11.2. The Morgan fingerprint density at radius 3 is 2.86 bits per heavy atom. The number of rotatable bonds is 2. The summed E-state index contributed by atoms with van der Waals surface area (Å²) in [6.45, 7) is 1.90. The number of esters is 1. The van der Waals surface area contributed by atoms with Crippen LogP contribution >= 0.6 is 27.5 Å². The van der Waals surface area contributed by atoms with Crippen molar-refractivity contribution < 1.29 is 13.9 Å². The molecule has 0 aromatic heterocycles. The van der Waals surface area contributed by atoms with Crippen LogP contribution in [0, 0.1) is 5.82 Å². The Labute approximate surface area is 94.1 Å². The van der Waals surface area contributed by atoms with Gasteiger partial charge in [0, 0.05) is 0 Å². The summed E-state index contributed by atoms with van der Waals surface area (Å²) in [5.41, 5.74) is 0.0363. The second-order valence-electron chi connectivity index (χ2n) is 2.44. The summed E-state index contributed by atoms with van der Waals surface area (Å²) >= 11 is 8.58. The Bertz CT molecular complexity index is 368. The molecule has 0 spiro atoms. The molecule has 0 atom stereocenters. The first-order valence-corrected chi connectivity index (χ1v) is 5.05. The number of hydrogen-bond acceptors (Lipinski definition) is 2. The van der Waals surface area contributed by atoms with E-state index in [1.54, 1.807) is 6.92 Å². The van der Waals surface area contributed by atoms with Crippen LogP contribution in [0.5, 0.6) is 0 Å². The summed E-state index contributed by atoms with van der Waals surface area (Å²) in [5, 5.41) is -0.224. The molecule has 0 aliphatic rings. The van der Waals surface area contributed by atoms with Gasteiger partial charge in [0.15, 0.2) is 5.82 Å². The molecule has 14 heavy (non-hydrogen) atoms. The molecule has 0 bridgehead atoms. The lowest BCUT2D eigenvalue weighted by molar-refractivity contribution is 0.0526. The Morgan fingerprint density at radius 2 is 2.29 bits per heavy atom. The van der Waals surface area contributed by atoms with Crippen LogP contribution in [0.15, 0.2) is 16.6 Å². The van der Waals surface area contributed by atoms with Gasteiger partial charge in [-0.05, 0) is 35.0 Å². The predicted molar refractivity (Wildman–Crippen MR) is 55.1 cm³/mol. The van der Waals surface area contributed by atoms with Crippen molar-refractivity contribution in [2.24, 2.45) is 0 Å². The molecule has 0 amide bonds. The van der Waals surface area contributed by atoms with Crippen LogP contribution < -0.4 is 0 Å². The van der Waals surface area contributed by atoms with Crippen LogP contribution in [0.25, 0.3) is 0 Å².